The Kier molecular flexibility index (Phi) is 12.0. The SMILES string of the molecule is CNC(=O)c1ccc(CNc2nc3ccc(C(=O)N(CCC(C)C)CCC(C)C)cc3n2CCCN2CCCCC2)cc1. The predicted molar refractivity (Wildman–Crippen MR) is 177 cm³/mol. The Labute approximate surface area is 258 Å². The molecule has 0 spiro atoms. The summed E-state index contributed by atoms with van der Waals surface area (Å²) in [6.07, 6.45) is 6.93. The van der Waals surface area contributed by atoms with Gasteiger partial charge < -0.3 is 25.0 Å². The highest BCUT2D eigenvalue weighted by molar-refractivity contribution is 5.98. The normalized spacial score (nSPS) is 14.0. The summed E-state index contributed by atoms with van der Waals surface area (Å²) in [5.74, 6) is 1.92. The molecule has 2 heterocycles. The lowest BCUT2D eigenvalue weighted by Crippen LogP contribution is -2.34. The zero-order valence-electron chi connectivity index (χ0n) is 27.0. The average Bonchev–Trinajstić information content (AvgIpc) is 3.36. The van der Waals surface area contributed by atoms with Crippen molar-refractivity contribution in [2.24, 2.45) is 11.8 Å². The van der Waals surface area contributed by atoms with Crippen molar-refractivity contribution in [2.75, 3.05) is 45.1 Å². The second-order valence-electron chi connectivity index (χ2n) is 12.8. The molecule has 43 heavy (non-hydrogen) atoms. The molecule has 2 N–H and O–H groups in total. The second kappa shape index (κ2) is 15.9. The molecule has 0 bridgehead atoms. The van der Waals surface area contributed by atoms with Gasteiger partial charge in [0.05, 0.1) is 11.0 Å². The Morgan fingerprint density at radius 1 is 0.884 bits per heavy atom. The molecule has 4 rings (SSSR count). The first-order valence-electron chi connectivity index (χ1n) is 16.3. The Morgan fingerprint density at radius 2 is 1.53 bits per heavy atom. The summed E-state index contributed by atoms with van der Waals surface area (Å²) in [5.41, 5.74) is 4.33. The van der Waals surface area contributed by atoms with Crippen molar-refractivity contribution < 1.29 is 9.59 Å². The lowest BCUT2D eigenvalue weighted by molar-refractivity contribution is 0.0740. The van der Waals surface area contributed by atoms with Crippen molar-refractivity contribution in [3.05, 3.63) is 59.2 Å². The number of imidazole rings is 1. The summed E-state index contributed by atoms with van der Waals surface area (Å²) >= 11 is 0. The Morgan fingerprint density at radius 3 is 2.16 bits per heavy atom. The van der Waals surface area contributed by atoms with Crippen LogP contribution in [0.25, 0.3) is 11.0 Å². The van der Waals surface area contributed by atoms with Gasteiger partial charge >= 0.3 is 0 Å². The Hall–Kier alpha value is -3.39. The van der Waals surface area contributed by atoms with E-state index in [9.17, 15) is 9.59 Å². The van der Waals surface area contributed by atoms with Crippen molar-refractivity contribution in [1.29, 1.82) is 0 Å². The molecular weight excluding hydrogens is 536 g/mol. The van der Waals surface area contributed by atoms with Crippen molar-refractivity contribution in [3.63, 3.8) is 0 Å². The number of carbonyl (C=O) groups excluding carboxylic acids is 2. The zero-order chi connectivity index (χ0) is 30.8. The summed E-state index contributed by atoms with van der Waals surface area (Å²) < 4.78 is 2.25. The molecule has 0 atom stereocenters. The van der Waals surface area contributed by atoms with Gasteiger partial charge in [0, 0.05) is 44.4 Å². The van der Waals surface area contributed by atoms with Crippen LogP contribution in [0.4, 0.5) is 5.95 Å². The van der Waals surface area contributed by atoms with E-state index < -0.39 is 0 Å². The number of nitrogens with zero attached hydrogens (tertiary/aromatic N) is 4. The number of fused-ring (bicyclic) bond motifs is 1. The van der Waals surface area contributed by atoms with Gasteiger partial charge in [-0.25, -0.2) is 4.98 Å². The van der Waals surface area contributed by atoms with E-state index in [2.05, 4.69) is 47.8 Å². The summed E-state index contributed by atoms with van der Waals surface area (Å²) in [6.45, 7) is 15.3. The second-order valence-corrected chi connectivity index (χ2v) is 12.8. The van der Waals surface area contributed by atoms with Crippen LogP contribution in [0.1, 0.15) is 92.5 Å². The highest BCUT2D eigenvalue weighted by Crippen LogP contribution is 2.24. The highest BCUT2D eigenvalue weighted by atomic mass is 16.2. The van der Waals surface area contributed by atoms with E-state index in [1.807, 2.05) is 47.4 Å². The monoisotopic (exact) mass is 588 g/mol. The standard InChI is InChI=1S/C35H52N6O2/c1-26(2)16-22-40(23-17-27(3)4)34(43)30-14-15-31-32(24-30)41(21-9-20-39-18-7-6-8-19-39)35(38-31)37-25-28-10-12-29(13-11-28)33(42)36-5/h10-15,24,26-27H,6-9,16-23,25H2,1-5H3,(H,36,42)(H,37,38). The molecule has 234 valence electrons. The molecule has 0 radical (unpaired) electrons. The number of carbonyl (C=O) groups is 2. The number of hydrogen-bond donors (Lipinski definition) is 2. The number of aromatic nitrogens is 2. The first-order chi connectivity index (χ1) is 20.7. The molecule has 1 aliphatic rings. The maximum absolute atomic E-state index is 13.8. The summed E-state index contributed by atoms with van der Waals surface area (Å²) in [7, 11) is 1.64. The molecule has 8 heteroatoms. The van der Waals surface area contributed by atoms with Crippen LogP contribution in [0.2, 0.25) is 0 Å². The number of likely N-dealkylation sites (tertiary alicyclic amines) is 1. The van der Waals surface area contributed by atoms with Crippen LogP contribution >= 0.6 is 0 Å². The molecular formula is C35H52N6O2. The van der Waals surface area contributed by atoms with Gasteiger partial charge in [0.25, 0.3) is 11.8 Å². The fourth-order valence-electron chi connectivity index (χ4n) is 5.68. The molecule has 1 aliphatic heterocycles. The van der Waals surface area contributed by atoms with Gasteiger partial charge in [-0.2, -0.15) is 0 Å². The van der Waals surface area contributed by atoms with Crippen LogP contribution in [0, 0.1) is 11.8 Å². The molecule has 0 unspecified atom stereocenters. The van der Waals surface area contributed by atoms with Gasteiger partial charge in [-0.05, 0) is 99.5 Å². The third kappa shape index (κ3) is 9.30. The van der Waals surface area contributed by atoms with E-state index in [0.717, 1.165) is 73.6 Å². The largest absolute Gasteiger partial charge is 0.355 e. The zero-order valence-corrected chi connectivity index (χ0v) is 27.0. The highest BCUT2D eigenvalue weighted by Gasteiger charge is 2.20. The van der Waals surface area contributed by atoms with E-state index in [1.165, 1.54) is 32.4 Å². The molecule has 3 aromatic rings. The van der Waals surface area contributed by atoms with E-state index in [-0.39, 0.29) is 11.8 Å². The lowest BCUT2D eigenvalue weighted by Gasteiger charge is -2.26. The van der Waals surface area contributed by atoms with Gasteiger partial charge in [0.15, 0.2) is 0 Å². The van der Waals surface area contributed by atoms with Gasteiger partial charge in [-0.1, -0.05) is 46.2 Å². The average molecular weight is 589 g/mol. The van der Waals surface area contributed by atoms with E-state index >= 15 is 0 Å². The fourth-order valence-corrected chi connectivity index (χ4v) is 5.68. The minimum atomic E-state index is -0.0904. The van der Waals surface area contributed by atoms with Crippen LogP contribution < -0.4 is 10.6 Å². The van der Waals surface area contributed by atoms with E-state index in [1.54, 1.807) is 7.05 Å². The Balaban J connectivity index is 1.57. The first-order valence-corrected chi connectivity index (χ1v) is 16.3. The molecule has 2 amide bonds. The summed E-state index contributed by atoms with van der Waals surface area (Å²) in [4.78, 5) is 35.3. The molecule has 1 saturated heterocycles. The van der Waals surface area contributed by atoms with E-state index in [0.29, 0.717) is 23.9 Å². The minimum absolute atomic E-state index is 0.0904. The molecule has 1 fully saturated rings. The quantitative estimate of drug-likeness (QED) is 0.214. The third-order valence-electron chi connectivity index (χ3n) is 8.43. The number of aryl methyl sites for hydroxylation is 1. The van der Waals surface area contributed by atoms with Gasteiger partial charge in [0.1, 0.15) is 0 Å². The number of hydrogen-bond acceptors (Lipinski definition) is 5. The molecule has 0 aliphatic carbocycles. The molecule has 1 aromatic heterocycles. The van der Waals surface area contributed by atoms with E-state index in [4.69, 9.17) is 4.98 Å². The smallest absolute Gasteiger partial charge is 0.253 e. The number of amides is 2. The van der Waals surface area contributed by atoms with Crippen molar-refractivity contribution in [2.45, 2.75) is 79.3 Å². The number of anilines is 1. The fraction of sp³-hybridized carbons (Fsp3) is 0.571. The number of benzene rings is 2. The maximum atomic E-state index is 13.8. The van der Waals surface area contributed by atoms with Crippen LogP contribution in [0.15, 0.2) is 42.5 Å². The number of piperidine rings is 1. The maximum Gasteiger partial charge on any atom is 0.253 e. The Bertz CT molecular complexity index is 1310. The van der Waals surface area contributed by atoms with Gasteiger partial charge in [-0.3, -0.25) is 9.59 Å². The summed E-state index contributed by atoms with van der Waals surface area (Å²) in [6, 6.07) is 13.6. The number of rotatable bonds is 15. The minimum Gasteiger partial charge on any atom is -0.355 e. The van der Waals surface area contributed by atoms with Crippen molar-refractivity contribution in [1.82, 2.24) is 24.7 Å². The van der Waals surface area contributed by atoms with Gasteiger partial charge in [-0.15, -0.1) is 0 Å². The third-order valence-corrected chi connectivity index (χ3v) is 8.43. The predicted octanol–water partition coefficient (Wildman–Crippen LogP) is 6.42. The van der Waals surface area contributed by atoms with Crippen LogP contribution in [0.5, 0.6) is 0 Å². The van der Waals surface area contributed by atoms with Gasteiger partial charge in [0.2, 0.25) is 5.95 Å². The van der Waals surface area contributed by atoms with Crippen LogP contribution in [0.3, 0.4) is 0 Å². The van der Waals surface area contributed by atoms with Crippen molar-refractivity contribution >= 4 is 28.8 Å². The van der Waals surface area contributed by atoms with Crippen LogP contribution in [-0.2, 0) is 13.1 Å². The molecule has 0 saturated carbocycles. The number of nitrogens with one attached hydrogen (secondary N) is 2. The molecule has 2 aromatic carbocycles. The summed E-state index contributed by atoms with van der Waals surface area (Å²) in [5, 5.41) is 6.22. The molecule has 8 nitrogen and oxygen atoms in total. The van der Waals surface area contributed by atoms with Crippen molar-refractivity contribution in [3.8, 4) is 0 Å². The first kappa shape index (κ1) is 32.5. The van der Waals surface area contributed by atoms with Crippen LogP contribution in [-0.4, -0.2) is 70.9 Å². The topological polar surface area (TPSA) is 82.5 Å². The lowest BCUT2D eigenvalue weighted by atomic mass is 10.1.